The second kappa shape index (κ2) is 12.0. The van der Waals surface area contributed by atoms with Crippen molar-refractivity contribution in [1.29, 1.82) is 0 Å². The minimum absolute atomic E-state index is 0.0284. The number of ether oxygens (including phenoxy) is 1. The summed E-state index contributed by atoms with van der Waals surface area (Å²) >= 11 is 6.74. The smallest absolute Gasteiger partial charge is 0.330 e. The number of nitrogen functional groups attached to an aromatic ring is 1. The number of nitrogens with zero attached hydrogens (tertiary/aromatic N) is 3. The predicted octanol–water partition coefficient (Wildman–Crippen LogP) is 1.65. The number of hydrogen-bond acceptors (Lipinski definition) is 7. The van der Waals surface area contributed by atoms with Crippen LogP contribution in [0.4, 0.5) is 11.5 Å². The van der Waals surface area contributed by atoms with Gasteiger partial charge in [0.1, 0.15) is 10.1 Å². The molecule has 9 nitrogen and oxygen atoms in total. The van der Waals surface area contributed by atoms with Gasteiger partial charge >= 0.3 is 5.69 Å². The predicted molar refractivity (Wildman–Crippen MR) is 136 cm³/mol. The van der Waals surface area contributed by atoms with Crippen molar-refractivity contribution in [3.8, 4) is 0 Å². The lowest BCUT2D eigenvalue weighted by molar-refractivity contribution is -0.116. The van der Waals surface area contributed by atoms with E-state index in [9.17, 15) is 14.4 Å². The lowest BCUT2D eigenvalue weighted by atomic mass is 10.2. The second-order valence-electron chi connectivity index (χ2n) is 7.71. The summed E-state index contributed by atoms with van der Waals surface area (Å²) in [5.74, 6) is -0.288. The van der Waals surface area contributed by atoms with Crippen LogP contribution in [0.25, 0.3) is 0 Å². The van der Waals surface area contributed by atoms with E-state index in [0.29, 0.717) is 17.3 Å². The average molecular weight is 492 g/mol. The summed E-state index contributed by atoms with van der Waals surface area (Å²) in [5, 5.41) is 0. The molecule has 0 radical (unpaired) electrons. The van der Waals surface area contributed by atoms with E-state index in [2.05, 4.69) is 9.88 Å². The third-order valence-corrected chi connectivity index (χ3v) is 6.89. The van der Waals surface area contributed by atoms with Gasteiger partial charge in [0.15, 0.2) is 5.69 Å². The van der Waals surface area contributed by atoms with E-state index in [-0.39, 0.29) is 36.3 Å². The van der Waals surface area contributed by atoms with E-state index in [1.54, 1.807) is 7.11 Å². The highest BCUT2D eigenvalue weighted by atomic mass is 32.2. The number of likely N-dealkylation sites (tertiary alicyclic amines) is 1. The highest BCUT2D eigenvalue weighted by Gasteiger charge is 2.25. The number of thioether (sulfide) groups is 1. The van der Waals surface area contributed by atoms with Crippen LogP contribution in [0.15, 0.2) is 39.9 Å². The summed E-state index contributed by atoms with van der Waals surface area (Å²) in [6, 6.07) is 9.28. The first-order valence-electron chi connectivity index (χ1n) is 10.8. The van der Waals surface area contributed by atoms with E-state index in [4.69, 9.17) is 22.7 Å². The zero-order valence-electron chi connectivity index (χ0n) is 18.6. The van der Waals surface area contributed by atoms with Crippen LogP contribution in [0.5, 0.6) is 0 Å². The van der Waals surface area contributed by atoms with Crippen molar-refractivity contribution < 1.29 is 9.53 Å². The van der Waals surface area contributed by atoms with Gasteiger partial charge in [-0.2, -0.15) is 0 Å². The van der Waals surface area contributed by atoms with Crippen LogP contribution < -0.4 is 21.9 Å². The fourth-order valence-corrected chi connectivity index (χ4v) is 4.81. The third kappa shape index (κ3) is 6.46. The third-order valence-electron chi connectivity index (χ3n) is 5.38. The number of anilines is 2. The zero-order chi connectivity index (χ0) is 23.8. The molecule has 1 fully saturated rings. The molecule has 1 aromatic heterocycles. The molecule has 3 rings (SSSR count). The largest absolute Gasteiger partial charge is 0.385 e. The van der Waals surface area contributed by atoms with E-state index < -0.39 is 11.2 Å². The van der Waals surface area contributed by atoms with Crippen LogP contribution in [0, 0.1) is 0 Å². The van der Waals surface area contributed by atoms with Crippen molar-refractivity contribution in [3.63, 3.8) is 0 Å². The maximum Gasteiger partial charge on any atom is 0.330 e. The number of carbonyl (C=O) groups is 1. The molecule has 2 aromatic rings. The Balaban J connectivity index is 1.87. The van der Waals surface area contributed by atoms with Gasteiger partial charge in [-0.1, -0.05) is 54.3 Å². The first kappa shape index (κ1) is 25.0. The van der Waals surface area contributed by atoms with E-state index >= 15 is 0 Å². The number of methoxy groups -OCH3 is 1. The van der Waals surface area contributed by atoms with Crippen molar-refractivity contribution in [2.24, 2.45) is 0 Å². The van der Waals surface area contributed by atoms with Crippen molar-refractivity contribution in [2.45, 2.75) is 25.8 Å². The Labute approximate surface area is 201 Å². The Morgan fingerprint density at radius 3 is 2.61 bits per heavy atom. The highest BCUT2D eigenvalue weighted by molar-refractivity contribution is 8.23. The number of hydrogen-bond donors (Lipinski definition) is 2. The molecule has 0 bridgehead atoms. The van der Waals surface area contributed by atoms with Gasteiger partial charge in [-0.25, -0.2) is 4.79 Å². The van der Waals surface area contributed by atoms with Gasteiger partial charge in [0.2, 0.25) is 5.91 Å². The fourth-order valence-electron chi connectivity index (χ4n) is 3.68. The minimum atomic E-state index is -0.695. The standard InChI is InChI=1S/C22H29N5O4S2/c1-31-13-7-12-26(17(28)15-33-22(32)25-10-5-6-11-25)18-19(23)27(21(30)24-20(18)29)14-16-8-3-2-4-9-16/h2-4,8-9H,5-7,10-15,23H2,1H3,(H,24,29,30). The van der Waals surface area contributed by atoms with Gasteiger partial charge in [0, 0.05) is 33.4 Å². The number of nitrogens with two attached hydrogens (primary N) is 1. The second-order valence-corrected chi connectivity index (χ2v) is 9.31. The summed E-state index contributed by atoms with van der Waals surface area (Å²) in [5.41, 5.74) is 5.80. The van der Waals surface area contributed by atoms with Crippen LogP contribution in [-0.4, -0.2) is 63.8 Å². The topological polar surface area (TPSA) is 114 Å². The minimum Gasteiger partial charge on any atom is -0.385 e. The first-order chi connectivity index (χ1) is 15.9. The van der Waals surface area contributed by atoms with E-state index in [1.807, 2.05) is 30.3 Å². The lowest BCUT2D eigenvalue weighted by Crippen LogP contribution is -2.43. The molecular formula is C22H29N5O4S2. The molecule has 3 N–H and O–H groups in total. The Morgan fingerprint density at radius 1 is 1.24 bits per heavy atom. The number of thiocarbonyl (C=S) groups is 1. The van der Waals surface area contributed by atoms with Gasteiger partial charge in [-0.15, -0.1) is 0 Å². The normalized spacial score (nSPS) is 13.3. The Morgan fingerprint density at radius 2 is 1.94 bits per heavy atom. The summed E-state index contributed by atoms with van der Waals surface area (Å²) in [6.45, 7) is 2.59. The van der Waals surface area contributed by atoms with Crippen molar-refractivity contribution in [1.82, 2.24) is 14.5 Å². The molecule has 0 aliphatic carbocycles. The first-order valence-corrected chi connectivity index (χ1v) is 12.2. The Bertz CT molecular complexity index is 1080. The number of benzene rings is 1. The van der Waals surface area contributed by atoms with Gasteiger partial charge in [0.25, 0.3) is 5.56 Å². The number of aromatic nitrogens is 2. The molecule has 1 amide bonds. The van der Waals surface area contributed by atoms with Gasteiger partial charge < -0.3 is 20.3 Å². The zero-order valence-corrected chi connectivity index (χ0v) is 20.3. The van der Waals surface area contributed by atoms with Crippen molar-refractivity contribution in [2.75, 3.05) is 49.7 Å². The Hall–Kier alpha value is -2.63. The molecule has 11 heteroatoms. The molecule has 0 unspecified atom stereocenters. The SMILES string of the molecule is COCCCN(C(=O)CSC(=S)N1CCCC1)c1c(N)n(Cc2ccccc2)c(=O)[nH]c1=O. The maximum atomic E-state index is 13.2. The van der Waals surface area contributed by atoms with Gasteiger partial charge in [-0.3, -0.25) is 19.1 Å². The molecule has 178 valence electrons. The molecular weight excluding hydrogens is 462 g/mol. The molecule has 2 heterocycles. The summed E-state index contributed by atoms with van der Waals surface area (Å²) in [4.78, 5) is 44.2. The maximum absolute atomic E-state index is 13.2. The Kier molecular flexibility index (Phi) is 9.10. The molecule has 33 heavy (non-hydrogen) atoms. The van der Waals surface area contributed by atoms with Crippen LogP contribution in [0.3, 0.4) is 0 Å². The number of nitrogens with one attached hydrogen (secondary N) is 1. The van der Waals surface area contributed by atoms with E-state index in [0.717, 1.165) is 31.5 Å². The number of aromatic amines is 1. The fraction of sp³-hybridized carbons (Fsp3) is 0.455. The van der Waals surface area contributed by atoms with Gasteiger partial charge in [-0.05, 0) is 24.8 Å². The van der Waals surface area contributed by atoms with Crippen molar-refractivity contribution in [3.05, 3.63) is 56.7 Å². The number of carbonyl (C=O) groups excluding carboxylic acids is 1. The van der Waals surface area contributed by atoms with Gasteiger partial charge in [0.05, 0.1) is 12.3 Å². The summed E-state index contributed by atoms with van der Waals surface area (Å²) < 4.78 is 7.06. The average Bonchev–Trinajstić information content (AvgIpc) is 3.35. The molecule has 0 atom stereocenters. The molecule has 1 aromatic carbocycles. The number of rotatable bonds is 9. The molecule has 1 aliphatic rings. The summed E-state index contributed by atoms with van der Waals surface area (Å²) in [7, 11) is 1.57. The quantitative estimate of drug-likeness (QED) is 0.402. The number of H-pyrrole nitrogens is 1. The van der Waals surface area contributed by atoms with Crippen molar-refractivity contribution >= 4 is 45.7 Å². The molecule has 1 saturated heterocycles. The van der Waals surface area contributed by atoms with E-state index in [1.165, 1.54) is 21.2 Å². The summed E-state index contributed by atoms with van der Waals surface area (Å²) in [6.07, 6.45) is 2.68. The van der Waals surface area contributed by atoms with Crippen LogP contribution in [-0.2, 0) is 16.1 Å². The molecule has 0 saturated carbocycles. The number of amides is 1. The molecule has 0 spiro atoms. The molecule has 1 aliphatic heterocycles. The van der Waals surface area contributed by atoms with Crippen LogP contribution in [0.1, 0.15) is 24.8 Å². The monoisotopic (exact) mass is 491 g/mol. The highest BCUT2D eigenvalue weighted by Crippen LogP contribution is 2.21. The van der Waals surface area contributed by atoms with Crippen LogP contribution >= 0.6 is 24.0 Å². The lowest BCUT2D eigenvalue weighted by Gasteiger charge is -2.25. The van der Waals surface area contributed by atoms with Crippen LogP contribution in [0.2, 0.25) is 0 Å².